The van der Waals surface area contributed by atoms with Gasteiger partial charge in [-0.2, -0.15) is 0 Å². The van der Waals surface area contributed by atoms with Gasteiger partial charge in [0.25, 0.3) is 0 Å². The topological polar surface area (TPSA) is 43.4 Å². The van der Waals surface area contributed by atoms with E-state index in [0.717, 1.165) is 0 Å². The summed E-state index contributed by atoms with van der Waals surface area (Å²) in [7, 11) is 0. The van der Waals surface area contributed by atoms with E-state index < -0.39 is 11.9 Å². The van der Waals surface area contributed by atoms with Crippen molar-refractivity contribution in [2.45, 2.75) is 26.7 Å². The molecule has 3 nitrogen and oxygen atoms in total. The van der Waals surface area contributed by atoms with Crippen molar-refractivity contribution < 1.29 is 36.7 Å². The first-order valence-corrected chi connectivity index (χ1v) is 2.88. The Labute approximate surface area is 75.6 Å². The van der Waals surface area contributed by atoms with Crippen LogP contribution in [0.4, 0.5) is 0 Å². The summed E-state index contributed by atoms with van der Waals surface area (Å²) in [6.45, 7) is 3.06. The van der Waals surface area contributed by atoms with Crippen LogP contribution in [0.25, 0.3) is 0 Å². The first kappa shape index (κ1) is 12.5. The number of carbonyl (C=O) groups is 2. The van der Waals surface area contributed by atoms with Crippen LogP contribution in [-0.4, -0.2) is 11.9 Å². The molecular formula is C6H10AgO3. The molecule has 0 aliphatic carbocycles. The van der Waals surface area contributed by atoms with Gasteiger partial charge in [0.2, 0.25) is 0 Å². The van der Waals surface area contributed by atoms with Crippen molar-refractivity contribution >= 4 is 11.9 Å². The van der Waals surface area contributed by atoms with Gasteiger partial charge in [-0.3, -0.25) is 9.59 Å². The van der Waals surface area contributed by atoms with Crippen molar-refractivity contribution in [2.75, 3.05) is 0 Å². The minimum Gasteiger partial charge on any atom is -0.393 e. The van der Waals surface area contributed by atoms with Crippen LogP contribution in [0.15, 0.2) is 0 Å². The third kappa shape index (κ3) is 7.88. The van der Waals surface area contributed by atoms with Gasteiger partial charge in [0.05, 0.1) is 0 Å². The number of esters is 2. The quantitative estimate of drug-likeness (QED) is 0.407. The van der Waals surface area contributed by atoms with Crippen molar-refractivity contribution in [3.8, 4) is 0 Å². The van der Waals surface area contributed by atoms with E-state index in [9.17, 15) is 9.59 Å². The zero-order valence-corrected chi connectivity index (χ0v) is 7.42. The van der Waals surface area contributed by atoms with Gasteiger partial charge in [0, 0.05) is 35.7 Å². The molecule has 0 rings (SSSR count). The van der Waals surface area contributed by atoms with Gasteiger partial charge in [-0.25, -0.2) is 0 Å². The summed E-state index contributed by atoms with van der Waals surface area (Å²) in [5, 5.41) is 0. The van der Waals surface area contributed by atoms with Crippen LogP contribution in [0.5, 0.6) is 0 Å². The molecular weight excluding hydrogens is 228 g/mol. The van der Waals surface area contributed by atoms with E-state index in [2.05, 4.69) is 4.74 Å². The fourth-order valence-corrected chi connectivity index (χ4v) is 0.415. The summed E-state index contributed by atoms with van der Waals surface area (Å²) >= 11 is 0. The zero-order chi connectivity index (χ0) is 7.28. The molecule has 0 saturated carbocycles. The molecule has 0 spiro atoms. The molecule has 0 aromatic heterocycles. The van der Waals surface area contributed by atoms with Gasteiger partial charge in [0.1, 0.15) is 0 Å². The van der Waals surface area contributed by atoms with E-state index in [0.29, 0.717) is 12.8 Å². The summed E-state index contributed by atoms with van der Waals surface area (Å²) in [6.07, 6.45) is 1.03. The molecule has 0 saturated heterocycles. The Morgan fingerprint density at radius 3 is 2.20 bits per heavy atom. The van der Waals surface area contributed by atoms with Gasteiger partial charge in [0.15, 0.2) is 0 Å². The summed E-state index contributed by atoms with van der Waals surface area (Å²) in [6, 6.07) is 0. The maximum absolute atomic E-state index is 10.4. The van der Waals surface area contributed by atoms with E-state index >= 15 is 0 Å². The van der Waals surface area contributed by atoms with Gasteiger partial charge in [-0.05, 0) is 6.42 Å². The molecule has 0 amide bonds. The smallest absolute Gasteiger partial charge is 0.313 e. The fourth-order valence-electron chi connectivity index (χ4n) is 0.415. The van der Waals surface area contributed by atoms with E-state index in [1.54, 1.807) is 0 Å². The number of rotatable bonds is 2. The monoisotopic (exact) mass is 237 g/mol. The maximum atomic E-state index is 10.4. The Morgan fingerprint density at radius 1 is 1.40 bits per heavy atom. The molecule has 0 heterocycles. The second kappa shape index (κ2) is 6.99. The van der Waals surface area contributed by atoms with Crippen molar-refractivity contribution in [3.05, 3.63) is 0 Å². The third-order valence-electron chi connectivity index (χ3n) is 0.712. The van der Waals surface area contributed by atoms with Crippen molar-refractivity contribution in [1.82, 2.24) is 0 Å². The van der Waals surface area contributed by atoms with E-state index in [1.165, 1.54) is 6.92 Å². The molecule has 0 bridgehead atoms. The molecule has 10 heavy (non-hydrogen) atoms. The predicted octanol–water partition coefficient (Wildman–Crippen LogP) is 0.874. The van der Waals surface area contributed by atoms with E-state index in [4.69, 9.17) is 0 Å². The van der Waals surface area contributed by atoms with Crippen LogP contribution >= 0.6 is 0 Å². The second-order valence-electron chi connectivity index (χ2n) is 1.72. The largest absolute Gasteiger partial charge is 0.393 e. The molecule has 4 heteroatoms. The minimum absolute atomic E-state index is 0. The average molecular weight is 238 g/mol. The van der Waals surface area contributed by atoms with Crippen LogP contribution < -0.4 is 0 Å². The van der Waals surface area contributed by atoms with Crippen molar-refractivity contribution in [3.63, 3.8) is 0 Å². The third-order valence-corrected chi connectivity index (χ3v) is 0.712. The fraction of sp³-hybridized carbons (Fsp3) is 0.667. The molecule has 0 N–H and O–H groups in total. The average Bonchev–Trinajstić information content (AvgIpc) is 1.63. The summed E-state index contributed by atoms with van der Waals surface area (Å²) in [5.74, 6) is -0.974. The molecule has 0 aliphatic heterocycles. The Bertz CT molecular complexity index is 122. The summed E-state index contributed by atoms with van der Waals surface area (Å²) in [4.78, 5) is 20.5. The molecule has 63 valence electrons. The SMILES string of the molecule is CCCC(=O)OC(C)=O.[Ag]. The number of hydrogen-bond acceptors (Lipinski definition) is 3. The Kier molecular flexibility index (Phi) is 8.77. The molecule has 0 unspecified atom stereocenters. The maximum Gasteiger partial charge on any atom is 0.313 e. The van der Waals surface area contributed by atoms with Crippen LogP contribution in [0.2, 0.25) is 0 Å². The number of carbonyl (C=O) groups excluding carboxylic acids is 2. The van der Waals surface area contributed by atoms with Gasteiger partial charge >= 0.3 is 11.9 Å². The van der Waals surface area contributed by atoms with Crippen LogP contribution in [0.1, 0.15) is 26.7 Å². The predicted molar refractivity (Wildman–Crippen MR) is 31.7 cm³/mol. The molecule has 0 aliphatic rings. The molecule has 0 fully saturated rings. The van der Waals surface area contributed by atoms with Crippen molar-refractivity contribution in [1.29, 1.82) is 0 Å². The molecule has 0 atom stereocenters. The Balaban J connectivity index is 0. The standard InChI is InChI=1S/C6H10O3.Ag/c1-3-4-6(8)9-5(2)7;/h3-4H2,1-2H3;. The van der Waals surface area contributed by atoms with Gasteiger partial charge in [-0.15, -0.1) is 0 Å². The van der Waals surface area contributed by atoms with E-state index in [1.807, 2.05) is 6.92 Å². The van der Waals surface area contributed by atoms with Gasteiger partial charge in [-0.1, -0.05) is 6.92 Å². The normalized spacial score (nSPS) is 7.80. The molecule has 1 radical (unpaired) electrons. The minimum atomic E-state index is -0.534. The number of hydrogen-bond donors (Lipinski definition) is 0. The summed E-state index contributed by atoms with van der Waals surface area (Å²) < 4.78 is 4.21. The van der Waals surface area contributed by atoms with Crippen LogP contribution in [0.3, 0.4) is 0 Å². The zero-order valence-electron chi connectivity index (χ0n) is 5.94. The first-order chi connectivity index (χ1) is 4.16. The molecule has 0 aromatic carbocycles. The van der Waals surface area contributed by atoms with Gasteiger partial charge < -0.3 is 4.74 Å². The summed E-state index contributed by atoms with van der Waals surface area (Å²) in [5.41, 5.74) is 0. The Morgan fingerprint density at radius 2 is 1.90 bits per heavy atom. The van der Waals surface area contributed by atoms with Crippen molar-refractivity contribution in [2.24, 2.45) is 0 Å². The second-order valence-corrected chi connectivity index (χ2v) is 1.72. The van der Waals surface area contributed by atoms with Crippen LogP contribution in [0, 0.1) is 0 Å². The van der Waals surface area contributed by atoms with E-state index in [-0.39, 0.29) is 22.4 Å². The molecule has 0 aromatic rings. The number of ether oxygens (including phenoxy) is 1. The first-order valence-electron chi connectivity index (χ1n) is 2.88. The van der Waals surface area contributed by atoms with Crippen LogP contribution in [-0.2, 0) is 36.7 Å². The Hall–Kier alpha value is -0.120.